The maximum Gasteiger partial charge on any atom is 0.159 e. The number of rotatable bonds is 3. The summed E-state index contributed by atoms with van der Waals surface area (Å²) in [6.45, 7) is 0.674. The predicted molar refractivity (Wildman–Crippen MR) is 61.4 cm³/mol. The summed E-state index contributed by atoms with van der Waals surface area (Å²) in [5.74, 6) is -0.883. The van der Waals surface area contributed by atoms with Gasteiger partial charge in [0.15, 0.2) is 11.6 Å². The second kappa shape index (κ2) is 5.27. The molecule has 92 valence electrons. The van der Waals surface area contributed by atoms with Crippen LogP contribution in [0.3, 0.4) is 0 Å². The summed E-state index contributed by atoms with van der Waals surface area (Å²) in [6, 6.07) is 3.69. The molecule has 0 radical (unpaired) electrons. The van der Waals surface area contributed by atoms with Crippen LogP contribution in [-0.2, 0) is 4.74 Å². The summed E-state index contributed by atoms with van der Waals surface area (Å²) < 4.78 is 31.6. The standard InChI is InChI=1S/C13H15F2NO/c1-16-13(12-4-2-3-7-17-12)9-5-6-10(14)11(15)8-9/h4-6,8,13,16H,2-3,7H2,1H3. The van der Waals surface area contributed by atoms with Crippen LogP contribution in [0.25, 0.3) is 0 Å². The van der Waals surface area contributed by atoms with Gasteiger partial charge in [-0.25, -0.2) is 8.78 Å². The number of hydrogen-bond acceptors (Lipinski definition) is 2. The van der Waals surface area contributed by atoms with E-state index in [1.165, 1.54) is 6.07 Å². The second-order valence-electron chi connectivity index (χ2n) is 3.99. The maximum atomic E-state index is 13.2. The van der Waals surface area contributed by atoms with Crippen LogP contribution < -0.4 is 5.32 Å². The summed E-state index contributed by atoms with van der Waals surface area (Å²) >= 11 is 0. The molecule has 1 aliphatic rings. The Kier molecular flexibility index (Phi) is 3.74. The van der Waals surface area contributed by atoms with Crippen molar-refractivity contribution in [3.05, 3.63) is 47.2 Å². The fraction of sp³-hybridized carbons (Fsp3) is 0.385. The van der Waals surface area contributed by atoms with E-state index in [2.05, 4.69) is 5.32 Å². The highest BCUT2D eigenvalue weighted by molar-refractivity contribution is 5.27. The van der Waals surface area contributed by atoms with Crippen molar-refractivity contribution in [3.63, 3.8) is 0 Å². The van der Waals surface area contributed by atoms with Crippen LogP contribution in [0.5, 0.6) is 0 Å². The smallest absolute Gasteiger partial charge is 0.159 e. The molecular formula is C13H15F2NO. The fourth-order valence-electron chi connectivity index (χ4n) is 1.94. The average Bonchev–Trinajstić information content (AvgIpc) is 2.36. The molecule has 1 heterocycles. The minimum Gasteiger partial charge on any atom is -0.496 e. The van der Waals surface area contributed by atoms with Crippen molar-refractivity contribution in [2.75, 3.05) is 13.7 Å². The molecule has 2 nitrogen and oxygen atoms in total. The minimum absolute atomic E-state index is 0.217. The molecule has 0 amide bonds. The number of hydrogen-bond donors (Lipinski definition) is 1. The highest BCUT2D eigenvalue weighted by Gasteiger charge is 2.19. The van der Waals surface area contributed by atoms with Crippen molar-refractivity contribution in [2.45, 2.75) is 18.9 Å². The van der Waals surface area contributed by atoms with Crippen LogP contribution in [0.15, 0.2) is 30.0 Å². The van der Waals surface area contributed by atoms with Gasteiger partial charge in [0.25, 0.3) is 0 Å². The largest absolute Gasteiger partial charge is 0.496 e. The van der Waals surface area contributed by atoms with E-state index in [-0.39, 0.29) is 6.04 Å². The lowest BCUT2D eigenvalue weighted by molar-refractivity contribution is 0.169. The van der Waals surface area contributed by atoms with Gasteiger partial charge < -0.3 is 10.1 Å². The van der Waals surface area contributed by atoms with Crippen molar-refractivity contribution in [2.24, 2.45) is 0 Å². The molecule has 1 atom stereocenters. The van der Waals surface area contributed by atoms with Gasteiger partial charge in [0.1, 0.15) is 5.76 Å². The minimum atomic E-state index is -0.834. The number of allylic oxidation sites excluding steroid dienone is 1. The first-order valence-electron chi connectivity index (χ1n) is 5.67. The molecule has 0 fully saturated rings. The molecule has 1 aromatic carbocycles. The Labute approximate surface area is 99.3 Å². The van der Waals surface area contributed by atoms with E-state index in [0.29, 0.717) is 12.2 Å². The summed E-state index contributed by atoms with van der Waals surface area (Å²) in [5, 5.41) is 3.05. The quantitative estimate of drug-likeness (QED) is 0.875. The Morgan fingerprint density at radius 1 is 1.29 bits per heavy atom. The van der Waals surface area contributed by atoms with E-state index >= 15 is 0 Å². The zero-order chi connectivity index (χ0) is 12.3. The normalized spacial score (nSPS) is 17.2. The van der Waals surface area contributed by atoms with Crippen molar-refractivity contribution < 1.29 is 13.5 Å². The summed E-state index contributed by atoms with van der Waals surface area (Å²) in [4.78, 5) is 0. The molecule has 1 aromatic rings. The molecule has 0 aliphatic carbocycles. The first-order valence-corrected chi connectivity index (χ1v) is 5.67. The third-order valence-electron chi connectivity index (χ3n) is 2.81. The molecule has 1 aliphatic heterocycles. The van der Waals surface area contributed by atoms with Gasteiger partial charge in [0, 0.05) is 0 Å². The van der Waals surface area contributed by atoms with Gasteiger partial charge in [0.2, 0.25) is 0 Å². The molecule has 17 heavy (non-hydrogen) atoms. The van der Waals surface area contributed by atoms with Gasteiger partial charge in [-0.2, -0.15) is 0 Å². The average molecular weight is 239 g/mol. The molecule has 0 spiro atoms. The fourth-order valence-corrected chi connectivity index (χ4v) is 1.94. The third kappa shape index (κ3) is 2.64. The van der Waals surface area contributed by atoms with Gasteiger partial charge in [-0.3, -0.25) is 0 Å². The zero-order valence-electron chi connectivity index (χ0n) is 9.67. The number of ether oxygens (including phenoxy) is 1. The molecule has 0 saturated carbocycles. The second-order valence-corrected chi connectivity index (χ2v) is 3.99. The van der Waals surface area contributed by atoms with Gasteiger partial charge in [0.05, 0.1) is 12.6 Å². The van der Waals surface area contributed by atoms with E-state index in [0.717, 1.165) is 24.7 Å². The molecule has 1 unspecified atom stereocenters. The van der Waals surface area contributed by atoms with Crippen LogP contribution in [0.1, 0.15) is 24.4 Å². The lowest BCUT2D eigenvalue weighted by atomic mass is 10.0. The van der Waals surface area contributed by atoms with Crippen LogP contribution in [0.2, 0.25) is 0 Å². The zero-order valence-corrected chi connectivity index (χ0v) is 9.67. The van der Waals surface area contributed by atoms with E-state index in [9.17, 15) is 8.78 Å². The number of benzene rings is 1. The summed E-state index contributed by atoms with van der Waals surface area (Å²) in [6.07, 6.45) is 3.95. The third-order valence-corrected chi connectivity index (χ3v) is 2.81. The van der Waals surface area contributed by atoms with Crippen LogP contribution in [0.4, 0.5) is 8.78 Å². The van der Waals surface area contributed by atoms with Crippen molar-refractivity contribution in [1.29, 1.82) is 0 Å². The topological polar surface area (TPSA) is 21.3 Å². The van der Waals surface area contributed by atoms with Gasteiger partial charge in [-0.15, -0.1) is 0 Å². The summed E-state index contributed by atoms with van der Waals surface area (Å²) in [5.41, 5.74) is 0.666. The molecule has 0 aromatic heterocycles. The Morgan fingerprint density at radius 2 is 2.12 bits per heavy atom. The Balaban J connectivity index is 2.28. The molecule has 0 bridgehead atoms. The Bertz CT molecular complexity index is 431. The van der Waals surface area contributed by atoms with Crippen molar-refractivity contribution in [1.82, 2.24) is 5.32 Å². The lowest BCUT2D eigenvalue weighted by Gasteiger charge is -2.23. The number of nitrogens with one attached hydrogen (secondary N) is 1. The van der Waals surface area contributed by atoms with E-state index < -0.39 is 11.6 Å². The van der Waals surface area contributed by atoms with Crippen LogP contribution >= 0.6 is 0 Å². The lowest BCUT2D eigenvalue weighted by Crippen LogP contribution is -2.22. The Hall–Kier alpha value is -1.42. The highest BCUT2D eigenvalue weighted by atomic mass is 19.2. The Morgan fingerprint density at radius 3 is 2.71 bits per heavy atom. The van der Waals surface area contributed by atoms with Gasteiger partial charge >= 0.3 is 0 Å². The molecule has 1 N–H and O–H groups in total. The SMILES string of the molecule is CNC(C1=CCCCO1)c1ccc(F)c(F)c1. The van der Waals surface area contributed by atoms with Gasteiger partial charge in [-0.1, -0.05) is 6.07 Å². The first-order chi connectivity index (χ1) is 8.22. The molecular weight excluding hydrogens is 224 g/mol. The molecule has 2 rings (SSSR count). The number of likely N-dealkylation sites (N-methyl/N-ethyl adjacent to an activating group) is 1. The summed E-state index contributed by atoms with van der Waals surface area (Å²) in [7, 11) is 1.77. The van der Waals surface area contributed by atoms with E-state index in [1.807, 2.05) is 6.08 Å². The maximum absolute atomic E-state index is 13.2. The van der Waals surface area contributed by atoms with E-state index in [1.54, 1.807) is 13.1 Å². The number of halogens is 2. The molecule has 4 heteroatoms. The van der Waals surface area contributed by atoms with Crippen LogP contribution in [-0.4, -0.2) is 13.7 Å². The van der Waals surface area contributed by atoms with Crippen molar-refractivity contribution in [3.8, 4) is 0 Å². The molecule has 0 saturated heterocycles. The highest BCUT2D eigenvalue weighted by Crippen LogP contribution is 2.26. The van der Waals surface area contributed by atoms with Gasteiger partial charge in [-0.05, 0) is 43.7 Å². The first kappa shape index (κ1) is 12.0. The predicted octanol–water partition coefficient (Wildman–Crippen LogP) is 2.92. The monoisotopic (exact) mass is 239 g/mol. The van der Waals surface area contributed by atoms with Crippen LogP contribution in [0, 0.1) is 11.6 Å². The van der Waals surface area contributed by atoms with Crippen molar-refractivity contribution >= 4 is 0 Å². The van der Waals surface area contributed by atoms with E-state index in [4.69, 9.17) is 4.74 Å².